The zero-order chi connectivity index (χ0) is 19.2. The van der Waals surface area contributed by atoms with Crippen molar-refractivity contribution in [2.24, 2.45) is 0 Å². The van der Waals surface area contributed by atoms with Crippen molar-refractivity contribution in [3.05, 3.63) is 60.3 Å². The number of halogens is 2. The number of fused-ring (bicyclic) bond motifs is 1. The SMILES string of the molecule is COc1ccccc1CNC(=O)Nc1ccc(OC(F)F)c2ncccc12. The average Bonchev–Trinajstić information content (AvgIpc) is 2.68. The number of hydrogen-bond donors (Lipinski definition) is 2. The van der Waals surface area contributed by atoms with Crippen LogP contribution in [0.15, 0.2) is 54.7 Å². The largest absolute Gasteiger partial charge is 0.496 e. The quantitative estimate of drug-likeness (QED) is 0.680. The highest BCUT2D eigenvalue weighted by Gasteiger charge is 2.13. The predicted molar refractivity (Wildman–Crippen MR) is 97.2 cm³/mol. The van der Waals surface area contributed by atoms with E-state index in [4.69, 9.17) is 4.74 Å². The van der Waals surface area contributed by atoms with Gasteiger partial charge in [-0.15, -0.1) is 0 Å². The highest BCUT2D eigenvalue weighted by molar-refractivity contribution is 6.02. The molecule has 0 aliphatic heterocycles. The van der Waals surface area contributed by atoms with Crippen LogP contribution in [0.4, 0.5) is 19.3 Å². The van der Waals surface area contributed by atoms with Crippen LogP contribution in [0.25, 0.3) is 10.9 Å². The third kappa shape index (κ3) is 4.41. The molecule has 1 heterocycles. The standard InChI is InChI=1S/C19H17F2N3O3/c1-26-15-7-3-2-5-12(15)11-23-19(25)24-14-8-9-16(27-18(20)21)17-13(14)6-4-10-22-17/h2-10,18H,11H2,1H3,(H2,23,24,25). The summed E-state index contributed by atoms with van der Waals surface area (Å²) in [7, 11) is 1.56. The first kappa shape index (κ1) is 18.4. The van der Waals surface area contributed by atoms with Crippen LogP contribution in [0.5, 0.6) is 11.5 Å². The number of anilines is 1. The molecular weight excluding hydrogens is 356 g/mol. The molecule has 8 heteroatoms. The number of nitrogens with one attached hydrogen (secondary N) is 2. The van der Waals surface area contributed by atoms with E-state index in [1.54, 1.807) is 25.3 Å². The molecule has 2 aromatic carbocycles. The lowest BCUT2D eigenvalue weighted by Crippen LogP contribution is -2.28. The zero-order valence-corrected chi connectivity index (χ0v) is 14.4. The van der Waals surface area contributed by atoms with Crippen molar-refractivity contribution in [3.8, 4) is 11.5 Å². The number of carbonyl (C=O) groups is 1. The highest BCUT2D eigenvalue weighted by Crippen LogP contribution is 2.30. The average molecular weight is 373 g/mol. The van der Waals surface area contributed by atoms with E-state index in [1.807, 2.05) is 18.2 Å². The van der Waals surface area contributed by atoms with Crippen molar-refractivity contribution in [2.45, 2.75) is 13.2 Å². The van der Waals surface area contributed by atoms with E-state index in [2.05, 4.69) is 20.4 Å². The Hall–Kier alpha value is -3.42. The van der Waals surface area contributed by atoms with Crippen molar-refractivity contribution in [1.29, 1.82) is 0 Å². The maximum atomic E-state index is 12.5. The molecule has 0 saturated carbocycles. The summed E-state index contributed by atoms with van der Waals surface area (Å²) < 4.78 is 34.8. The number of aromatic nitrogens is 1. The number of nitrogens with zero attached hydrogens (tertiary/aromatic N) is 1. The molecule has 3 aromatic rings. The van der Waals surface area contributed by atoms with Gasteiger partial charge < -0.3 is 20.1 Å². The summed E-state index contributed by atoms with van der Waals surface area (Å²) in [6.45, 7) is -2.70. The number of amides is 2. The summed E-state index contributed by atoms with van der Waals surface area (Å²) in [4.78, 5) is 16.3. The lowest BCUT2D eigenvalue weighted by molar-refractivity contribution is -0.0489. The molecule has 3 rings (SSSR count). The van der Waals surface area contributed by atoms with Gasteiger partial charge in [-0.1, -0.05) is 18.2 Å². The van der Waals surface area contributed by atoms with Gasteiger partial charge in [0.25, 0.3) is 0 Å². The second-order valence-corrected chi connectivity index (χ2v) is 5.51. The number of alkyl halides is 2. The fraction of sp³-hybridized carbons (Fsp3) is 0.158. The molecule has 0 bridgehead atoms. The minimum atomic E-state index is -2.96. The fourth-order valence-electron chi connectivity index (χ4n) is 2.64. The Kier molecular flexibility index (Phi) is 5.65. The Labute approximate surface area is 154 Å². The van der Waals surface area contributed by atoms with Gasteiger partial charge >= 0.3 is 12.6 Å². The van der Waals surface area contributed by atoms with Crippen molar-refractivity contribution in [2.75, 3.05) is 12.4 Å². The van der Waals surface area contributed by atoms with E-state index >= 15 is 0 Å². The van der Waals surface area contributed by atoms with E-state index in [0.717, 1.165) is 5.56 Å². The minimum Gasteiger partial charge on any atom is -0.496 e. The van der Waals surface area contributed by atoms with E-state index in [0.29, 0.717) is 16.8 Å². The molecule has 0 atom stereocenters. The van der Waals surface area contributed by atoms with Crippen LogP contribution in [-0.4, -0.2) is 24.7 Å². The van der Waals surface area contributed by atoms with E-state index in [-0.39, 0.29) is 17.8 Å². The smallest absolute Gasteiger partial charge is 0.387 e. The predicted octanol–water partition coefficient (Wildman–Crippen LogP) is 4.17. The van der Waals surface area contributed by atoms with Crippen LogP contribution >= 0.6 is 0 Å². The van der Waals surface area contributed by atoms with E-state index in [1.165, 1.54) is 18.3 Å². The summed E-state index contributed by atoms with van der Waals surface area (Å²) in [5.41, 5.74) is 1.49. The Balaban J connectivity index is 1.75. The molecule has 2 amide bonds. The number of para-hydroxylation sites is 1. The van der Waals surface area contributed by atoms with Crippen molar-refractivity contribution < 1.29 is 23.0 Å². The number of carbonyl (C=O) groups excluding carboxylic acids is 1. The first-order chi connectivity index (χ1) is 13.1. The summed E-state index contributed by atoms with van der Waals surface area (Å²) in [6.07, 6.45) is 1.46. The Morgan fingerprint density at radius 1 is 1.11 bits per heavy atom. The molecular formula is C19H17F2N3O3. The number of urea groups is 1. The third-order valence-corrected chi connectivity index (χ3v) is 3.83. The first-order valence-corrected chi connectivity index (χ1v) is 8.08. The number of ether oxygens (including phenoxy) is 2. The topological polar surface area (TPSA) is 72.5 Å². The van der Waals surface area contributed by atoms with Crippen molar-refractivity contribution in [3.63, 3.8) is 0 Å². The van der Waals surface area contributed by atoms with Gasteiger partial charge in [0, 0.05) is 23.7 Å². The molecule has 2 N–H and O–H groups in total. The maximum Gasteiger partial charge on any atom is 0.387 e. The first-order valence-electron chi connectivity index (χ1n) is 8.08. The van der Waals surface area contributed by atoms with Crippen LogP contribution in [0.2, 0.25) is 0 Å². The van der Waals surface area contributed by atoms with Gasteiger partial charge in [0.05, 0.1) is 12.8 Å². The molecule has 0 unspecified atom stereocenters. The maximum absolute atomic E-state index is 12.5. The van der Waals surface area contributed by atoms with Gasteiger partial charge in [0.2, 0.25) is 0 Å². The van der Waals surface area contributed by atoms with E-state index < -0.39 is 12.6 Å². The van der Waals surface area contributed by atoms with Crippen molar-refractivity contribution in [1.82, 2.24) is 10.3 Å². The normalized spacial score (nSPS) is 10.7. The minimum absolute atomic E-state index is 0.0550. The van der Waals surface area contributed by atoms with Crippen LogP contribution in [0, 0.1) is 0 Å². The number of methoxy groups -OCH3 is 1. The van der Waals surface area contributed by atoms with Crippen LogP contribution < -0.4 is 20.1 Å². The molecule has 140 valence electrons. The molecule has 0 saturated heterocycles. The molecule has 0 fully saturated rings. The second-order valence-electron chi connectivity index (χ2n) is 5.51. The highest BCUT2D eigenvalue weighted by atomic mass is 19.3. The molecule has 0 aliphatic rings. The van der Waals surface area contributed by atoms with Gasteiger partial charge in [0.1, 0.15) is 11.3 Å². The van der Waals surface area contributed by atoms with Crippen LogP contribution in [0.3, 0.4) is 0 Å². The van der Waals surface area contributed by atoms with Crippen LogP contribution in [-0.2, 0) is 6.54 Å². The molecule has 6 nitrogen and oxygen atoms in total. The Bertz CT molecular complexity index is 950. The number of hydrogen-bond acceptors (Lipinski definition) is 4. The van der Waals surface area contributed by atoms with E-state index in [9.17, 15) is 13.6 Å². The fourth-order valence-corrected chi connectivity index (χ4v) is 2.64. The summed E-state index contributed by atoms with van der Waals surface area (Å²) in [6, 6.07) is 13.0. The summed E-state index contributed by atoms with van der Waals surface area (Å²) >= 11 is 0. The third-order valence-electron chi connectivity index (χ3n) is 3.83. The zero-order valence-electron chi connectivity index (χ0n) is 14.4. The molecule has 27 heavy (non-hydrogen) atoms. The van der Waals surface area contributed by atoms with Gasteiger partial charge in [-0.2, -0.15) is 8.78 Å². The number of pyridine rings is 1. The molecule has 0 radical (unpaired) electrons. The monoisotopic (exact) mass is 373 g/mol. The van der Waals surface area contributed by atoms with Gasteiger partial charge in [-0.3, -0.25) is 4.98 Å². The second kappa shape index (κ2) is 8.31. The molecule has 0 aliphatic carbocycles. The molecule has 0 spiro atoms. The van der Waals surface area contributed by atoms with Gasteiger partial charge in [-0.25, -0.2) is 4.79 Å². The Morgan fingerprint density at radius 3 is 2.70 bits per heavy atom. The lowest BCUT2D eigenvalue weighted by atomic mass is 10.1. The lowest BCUT2D eigenvalue weighted by Gasteiger charge is -2.13. The molecule has 1 aromatic heterocycles. The number of rotatable bonds is 6. The van der Waals surface area contributed by atoms with Gasteiger partial charge in [0.15, 0.2) is 5.75 Å². The van der Waals surface area contributed by atoms with Crippen LogP contribution in [0.1, 0.15) is 5.56 Å². The Morgan fingerprint density at radius 2 is 1.93 bits per heavy atom. The summed E-state index contributed by atoms with van der Waals surface area (Å²) in [5.74, 6) is 0.613. The number of benzene rings is 2. The van der Waals surface area contributed by atoms with Gasteiger partial charge in [-0.05, 0) is 30.3 Å². The summed E-state index contributed by atoms with van der Waals surface area (Å²) in [5, 5.41) is 5.92. The van der Waals surface area contributed by atoms with Crippen molar-refractivity contribution >= 4 is 22.6 Å².